The van der Waals surface area contributed by atoms with Crippen molar-refractivity contribution in [3.8, 4) is 0 Å². The molecule has 0 unspecified atom stereocenters. The standard InChI is InChI=1S/C11H19NO2/c13-10-6-7-12(8-10)11(14)9-4-2-1-3-5-9/h9-10,13H,1-8H2/t10-/m1/s1. The molecule has 1 aliphatic carbocycles. The number of β-amino-alcohol motifs (C(OH)–C–C–N with tert-alkyl or cyclic N) is 1. The topological polar surface area (TPSA) is 40.5 Å². The Hall–Kier alpha value is -0.570. The van der Waals surface area contributed by atoms with Gasteiger partial charge < -0.3 is 10.0 Å². The molecule has 1 heterocycles. The minimum absolute atomic E-state index is 0.258. The number of rotatable bonds is 1. The van der Waals surface area contributed by atoms with Gasteiger partial charge in [-0.25, -0.2) is 0 Å². The smallest absolute Gasteiger partial charge is 0.225 e. The Morgan fingerprint density at radius 3 is 2.43 bits per heavy atom. The van der Waals surface area contributed by atoms with E-state index in [1.165, 1.54) is 19.3 Å². The zero-order chi connectivity index (χ0) is 9.97. The molecule has 3 heteroatoms. The summed E-state index contributed by atoms with van der Waals surface area (Å²) in [7, 11) is 0. The molecule has 80 valence electrons. The number of aliphatic hydroxyl groups is 1. The van der Waals surface area contributed by atoms with Crippen LogP contribution in [0.25, 0.3) is 0 Å². The van der Waals surface area contributed by atoms with Crippen LogP contribution in [-0.4, -0.2) is 35.1 Å². The largest absolute Gasteiger partial charge is 0.391 e. The van der Waals surface area contributed by atoms with Gasteiger partial charge in [0, 0.05) is 19.0 Å². The monoisotopic (exact) mass is 197 g/mol. The molecule has 0 aromatic carbocycles. The quantitative estimate of drug-likeness (QED) is 0.685. The highest BCUT2D eigenvalue weighted by atomic mass is 16.3. The third kappa shape index (κ3) is 2.08. The molecule has 0 spiro atoms. The number of hydrogen-bond donors (Lipinski definition) is 1. The number of likely N-dealkylation sites (tertiary alicyclic amines) is 1. The summed E-state index contributed by atoms with van der Waals surface area (Å²) in [4.78, 5) is 13.8. The molecule has 0 aromatic rings. The summed E-state index contributed by atoms with van der Waals surface area (Å²) in [6, 6.07) is 0. The van der Waals surface area contributed by atoms with Gasteiger partial charge in [0.05, 0.1) is 6.10 Å². The van der Waals surface area contributed by atoms with E-state index in [0.717, 1.165) is 25.8 Å². The van der Waals surface area contributed by atoms with Crippen LogP contribution in [0.15, 0.2) is 0 Å². The molecule has 1 saturated carbocycles. The lowest BCUT2D eigenvalue weighted by atomic mass is 9.88. The van der Waals surface area contributed by atoms with Crippen molar-refractivity contribution < 1.29 is 9.90 Å². The minimum Gasteiger partial charge on any atom is -0.391 e. The van der Waals surface area contributed by atoms with Crippen LogP contribution in [0.4, 0.5) is 0 Å². The van der Waals surface area contributed by atoms with Crippen LogP contribution in [-0.2, 0) is 4.79 Å². The molecule has 0 bridgehead atoms. The highest BCUT2D eigenvalue weighted by Crippen LogP contribution is 2.26. The van der Waals surface area contributed by atoms with E-state index >= 15 is 0 Å². The van der Waals surface area contributed by atoms with Gasteiger partial charge in [-0.3, -0.25) is 4.79 Å². The summed E-state index contributed by atoms with van der Waals surface area (Å²) in [5, 5.41) is 9.35. The zero-order valence-corrected chi connectivity index (χ0v) is 8.61. The normalized spacial score (nSPS) is 29.5. The van der Waals surface area contributed by atoms with Crippen molar-refractivity contribution in [2.45, 2.75) is 44.6 Å². The summed E-state index contributed by atoms with van der Waals surface area (Å²) in [5.41, 5.74) is 0. The number of amides is 1. The van der Waals surface area contributed by atoms with Gasteiger partial charge in [-0.05, 0) is 19.3 Å². The molecule has 1 amide bonds. The number of nitrogens with zero attached hydrogens (tertiary/aromatic N) is 1. The molecule has 14 heavy (non-hydrogen) atoms. The van der Waals surface area contributed by atoms with Gasteiger partial charge in [-0.15, -0.1) is 0 Å². The molecule has 2 aliphatic rings. The Labute approximate surface area is 85.1 Å². The van der Waals surface area contributed by atoms with Crippen LogP contribution in [0.1, 0.15) is 38.5 Å². The van der Waals surface area contributed by atoms with E-state index in [0.29, 0.717) is 12.5 Å². The Kier molecular flexibility index (Phi) is 3.06. The summed E-state index contributed by atoms with van der Waals surface area (Å²) >= 11 is 0. The molecular weight excluding hydrogens is 178 g/mol. The van der Waals surface area contributed by atoms with Gasteiger partial charge in [0.1, 0.15) is 0 Å². The van der Waals surface area contributed by atoms with Gasteiger partial charge >= 0.3 is 0 Å². The molecule has 1 saturated heterocycles. The van der Waals surface area contributed by atoms with Crippen LogP contribution < -0.4 is 0 Å². The lowest BCUT2D eigenvalue weighted by Crippen LogP contribution is -2.35. The first kappa shape index (κ1) is 9.97. The highest BCUT2D eigenvalue weighted by molar-refractivity contribution is 5.79. The molecule has 1 atom stereocenters. The van der Waals surface area contributed by atoms with Gasteiger partial charge in [0.25, 0.3) is 0 Å². The predicted molar refractivity (Wildman–Crippen MR) is 53.8 cm³/mol. The van der Waals surface area contributed by atoms with Crippen LogP contribution in [0.2, 0.25) is 0 Å². The van der Waals surface area contributed by atoms with Crippen LogP contribution in [0.3, 0.4) is 0 Å². The van der Waals surface area contributed by atoms with E-state index in [1.54, 1.807) is 0 Å². The van der Waals surface area contributed by atoms with Gasteiger partial charge in [-0.2, -0.15) is 0 Å². The molecule has 2 fully saturated rings. The minimum atomic E-state index is -0.275. The number of hydrogen-bond acceptors (Lipinski definition) is 2. The fourth-order valence-corrected chi connectivity index (χ4v) is 2.55. The van der Waals surface area contributed by atoms with E-state index < -0.39 is 0 Å². The van der Waals surface area contributed by atoms with Crippen molar-refractivity contribution in [3.05, 3.63) is 0 Å². The van der Waals surface area contributed by atoms with Crippen molar-refractivity contribution in [1.29, 1.82) is 0 Å². The Bertz CT molecular complexity index is 205. The molecule has 1 N–H and O–H groups in total. The first-order valence-electron chi connectivity index (χ1n) is 5.74. The van der Waals surface area contributed by atoms with Gasteiger partial charge in [0.15, 0.2) is 0 Å². The highest BCUT2D eigenvalue weighted by Gasteiger charge is 2.30. The maximum Gasteiger partial charge on any atom is 0.225 e. The third-order valence-corrected chi connectivity index (χ3v) is 3.43. The van der Waals surface area contributed by atoms with Crippen molar-refractivity contribution in [3.63, 3.8) is 0 Å². The Balaban J connectivity index is 1.87. The Morgan fingerprint density at radius 2 is 1.86 bits per heavy atom. The zero-order valence-electron chi connectivity index (χ0n) is 8.61. The van der Waals surface area contributed by atoms with Crippen LogP contribution in [0, 0.1) is 5.92 Å². The molecular formula is C11H19NO2. The average Bonchev–Trinajstić information content (AvgIpc) is 2.65. The van der Waals surface area contributed by atoms with E-state index in [-0.39, 0.29) is 12.0 Å². The second-order valence-corrected chi connectivity index (χ2v) is 4.56. The third-order valence-electron chi connectivity index (χ3n) is 3.43. The van der Waals surface area contributed by atoms with E-state index in [9.17, 15) is 9.90 Å². The van der Waals surface area contributed by atoms with Crippen LogP contribution in [0.5, 0.6) is 0 Å². The van der Waals surface area contributed by atoms with Gasteiger partial charge in [0.2, 0.25) is 5.91 Å². The first-order chi connectivity index (χ1) is 6.77. The van der Waals surface area contributed by atoms with Crippen LogP contribution >= 0.6 is 0 Å². The molecule has 0 aromatic heterocycles. The molecule has 1 aliphatic heterocycles. The predicted octanol–water partition coefficient (Wildman–Crippen LogP) is 1.16. The maximum absolute atomic E-state index is 12.0. The first-order valence-corrected chi connectivity index (χ1v) is 5.74. The van der Waals surface area contributed by atoms with Crippen molar-refractivity contribution >= 4 is 5.91 Å². The molecule has 3 nitrogen and oxygen atoms in total. The van der Waals surface area contributed by atoms with E-state index in [1.807, 2.05) is 4.90 Å². The van der Waals surface area contributed by atoms with Gasteiger partial charge in [-0.1, -0.05) is 19.3 Å². The summed E-state index contributed by atoms with van der Waals surface area (Å²) in [6.07, 6.45) is 6.30. The van der Waals surface area contributed by atoms with Crippen molar-refractivity contribution in [2.75, 3.05) is 13.1 Å². The Morgan fingerprint density at radius 1 is 1.14 bits per heavy atom. The fraction of sp³-hybridized carbons (Fsp3) is 0.909. The number of carbonyl (C=O) groups excluding carboxylic acids is 1. The summed E-state index contributed by atoms with van der Waals surface area (Å²) in [5.74, 6) is 0.551. The molecule has 2 rings (SSSR count). The maximum atomic E-state index is 12.0. The summed E-state index contributed by atoms with van der Waals surface area (Å²) in [6.45, 7) is 1.33. The average molecular weight is 197 g/mol. The summed E-state index contributed by atoms with van der Waals surface area (Å²) < 4.78 is 0. The van der Waals surface area contributed by atoms with Crippen molar-refractivity contribution in [1.82, 2.24) is 4.90 Å². The lowest BCUT2D eigenvalue weighted by molar-refractivity contribution is -0.135. The van der Waals surface area contributed by atoms with Crippen molar-refractivity contribution in [2.24, 2.45) is 5.92 Å². The SMILES string of the molecule is O=C(C1CCCCC1)N1CC[C@@H](O)C1. The fourth-order valence-electron chi connectivity index (χ4n) is 2.55. The second kappa shape index (κ2) is 4.30. The molecule has 0 radical (unpaired) electrons. The lowest BCUT2D eigenvalue weighted by Gasteiger charge is -2.25. The second-order valence-electron chi connectivity index (χ2n) is 4.56. The van der Waals surface area contributed by atoms with E-state index in [4.69, 9.17) is 0 Å². The number of carbonyl (C=O) groups is 1. The van der Waals surface area contributed by atoms with E-state index in [2.05, 4.69) is 0 Å². The number of aliphatic hydroxyl groups excluding tert-OH is 1.